The summed E-state index contributed by atoms with van der Waals surface area (Å²) in [6, 6.07) is 0. The highest BCUT2D eigenvalue weighted by Crippen LogP contribution is 2.22. The lowest BCUT2D eigenvalue weighted by atomic mass is 9.92. The van der Waals surface area contributed by atoms with Crippen molar-refractivity contribution in [2.45, 2.75) is 79.4 Å². The summed E-state index contributed by atoms with van der Waals surface area (Å²) in [7, 11) is 2.18. The first-order valence-electron chi connectivity index (χ1n) is 10.3. The van der Waals surface area contributed by atoms with Crippen LogP contribution < -0.4 is 5.32 Å². The zero-order chi connectivity index (χ0) is 19.3. The minimum atomic E-state index is -0.0432. The maximum atomic E-state index is 6.11. The summed E-state index contributed by atoms with van der Waals surface area (Å²) in [5, 5.41) is 3.47. The smallest absolute Gasteiger partial charge is 0.0629 e. The maximum Gasteiger partial charge on any atom is 0.0629 e. The summed E-state index contributed by atoms with van der Waals surface area (Å²) in [5.74, 6) is 1.43. The van der Waals surface area contributed by atoms with E-state index in [4.69, 9.17) is 9.47 Å². The Balaban J connectivity index is 3.77. The Morgan fingerprint density at radius 1 is 0.920 bits per heavy atom. The Kier molecular flexibility index (Phi) is 13.9. The normalized spacial score (nSPS) is 14.0. The predicted octanol–water partition coefficient (Wildman–Crippen LogP) is 4.19. The summed E-state index contributed by atoms with van der Waals surface area (Å²) in [6.45, 7) is 21.3. The molecular weight excluding hydrogens is 312 g/mol. The highest BCUT2D eigenvalue weighted by atomic mass is 16.5. The second-order valence-corrected chi connectivity index (χ2v) is 8.86. The van der Waals surface area contributed by atoms with E-state index in [1.165, 1.54) is 12.8 Å². The molecule has 0 bridgehead atoms. The SMILES string of the molecule is CC(C)CCNCCOC(C)(C)CC(C)CCN(C)CCOC(C)C. The van der Waals surface area contributed by atoms with Crippen LogP contribution in [0.2, 0.25) is 0 Å². The molecule has 0 rings (SSSR count). The van der Waals surface area contributed by atoms with E-state index in [0.29, 0.717) is 12.0 Å². The van der Waals surface area contributed by atoms with Crippen LogP contribution in [0.4, 0.5) is 0 Å². The van der Waals surface area contributed by atoms with Gasteiger partial charge in [-0.25, -0.2) is 0 Å². The minimum absolute atomic E-state index is 0.0432. The van der Waals surface area contributed by atoms with E-state index < -0.39 is 0 Å². The second kappa shape index (κ2) is 14.0. The molecular formula is C21H46N2O2. The van der Waals surface area contributed by atoms with Gasteiger partial charge in [-0.15, -0.1) is 0 Å². The van der Waals surface area contributed by atoms with Crippen LogP contribution in [-0.2, 0) is 9.47 Å². The molecule has 0 fully saturated rings. The van der Waals surface area contributed by atoms with Gasteiger partial charge in [-0.05, 0) is 78.9 Å². The molecule has 0 spiro atoms. The number of nitrogens with zero attached hydrogens (tertiary/aromatic N) is 1. The number of ether oxygens (including phenoxy) is 2. The van der Waals surface area contributed by atoms with E-state index in [9.17, 15) is 0 Å². The first kappa shape index (κ1) is 24.8. The molecule has 0 aromatic rings. The van der Waals surface area contributed by atoms with Gasteiger partial charge in [-0.1, -0.05) is 20.8 Å². The number of hydrogen-bond donors (Lipinski definition) is 1. The van der Waals surface area contributed by atoms with E-state index in [2.05, 4.69) is 65.7 Å². The largest absolute Gasteiger partial charge is 0.377 e. The van der Waals surface area contributed by atoms with Crippen molar-refractivity contribution in [3.8, 4) is 0 Å². The first-order chi connectivity index (χ1) is 11.6. The zero-order valence-corrected chi connectivity index (χ0v) is 18.4. The Bertz CT molecular complexity index is 306. The highest BCUT2D eigenvalue weighted by Gasteiger charge is 2.21. The van der Waals surface area contributed by atoms with Crippen molar-refractivity contribution in [3.63, 3.8) is 0 Å². The van der Waals surface area contributed by atoms with Crippen molar-refractivity contribution in [2.24, 2.45) is 11.8 Å². The summed E-state index contributed by atoms with van der Waals surface area (Å²) in [5.41, 5.74) is -0.0432. The van der Waals surface area contributed by atoms with Crippen molar-refractivity contribution in [2.75, 3.05) is 46.4 Å². The average Bonchev–Trinajstić information content (AvgIpc) is 2.47. The third-order valence-electron chi connectivity index (χ3n) is 4.44. The van der Waals surface area contributed by atoms with Crippen molar-refractivity contribution in [1.82, 2.24) is 10.2 Å². The van der Waals surface area contributed by atoms with Gasteiger partial charge in [0.25, 0.3) is 0 Å². The van der Waals surface area contributed by atoms with Crippen LogP contribution in [0.3, 0.4) is 0 Å². The monoisotopic (exact) mass is 358 g/mol. The molecule has 1 unspecified atom stereocenters. The summed E-state index contributed by atoms with van der Waals surface area (Å²) >= 11 is 0. The number of rotatable bonds is 16. The molecule has 4 heteroatoms. The Labute approximate surface area is 158 Å². The molecule has 0 saturated carbocycles. The third kappa shape index (κ3) is 17.0. The van der Waals surface area contributed by atoms with E-state index in [-0.39, 0.29) is 5.60 Å². The minimum Gasteiger partial charge on any atom is -0.377 e. The van der Waals surface area contributed by atoms with Crippen molar-refractivity contribution >= 4 is 0 Å². The predicted molar refractivity (Wildman–Crippen MR) is 109 cm³/mol. The van der Waals surface area contributed by atoms with Crippen LogP contribution in [0.15, 0.2) is 0 Å². The Morgan fingerprint density at radius 3 is 2.20 bits per heavy atom. The van der Waals surface area contributed by atoms with Gasteiger partial charge >= 0.3 is 0 Å². The summed E-state index contributed by atoms with van der Waals surface area (Å²) < 4.78 is 11.7. The van der Waals surface area contributed by atoms with Crippen LogP contribution in [0.1, 0.15) is 67.7 Å². The lowest BCUT2D eigenvalue weighted by Crippen LogP contribution is -2.32. The lowest BCUT2D eigenvalue weighted by Gasteiger charge is -2.29. The molecule has 0 aliphatic rings. The molecule has 0 saturated heterocycles. The van der Waals surface area contributed by atoms with Crippen LogP contribution in [0, 0.1) is 11.8 Å². The van der Waals surface area contributed by atoms with Gasteiger partial charge in [0.2, 0.25) is 0 Å². The van der Waals surface area contributed by atoms with Gasteiger partial charge in [0.05, 0.1) is 24.9 Å². The van der Waals surface area contributed by atoms with Crippen LogP contribution >= 0.6 is 0 Å². The molecule has 0 aliphatic heterocycles. The second-order valence-electron chi connectivity index (χ2n) is 8.86. The lowest BCUT2D eigenvalue weighted by molar-refractivity contribution is -0.0321. The summed E-state index contributed by atoms with van der Waals surface area (Å²) in [4.78, 5) is 2.37. The van der Waals surface area contributed by atoms with Gasteiger partial charge in [0.1, 0.15) is 0 Å². The van der Waals surface area contributed by atoms with E-state index in [1.54, 1.807) is 0 Å². The molecule has 4 nitrogen and oxygen atoms in total. The van der Waals surface area contributed by atoms with Crippen molar-refractivity contribution in [3.05, 3.63) is 0 Å². The van der Waals surface area contributed by atoms with Crippen molar-refractivity contribution in [1.29, 1.82) is 0 Å². The molecule has 1 atom stereocenters. The fourth-order valence-corrected chi connectivity index (χ4v) is 2.91. The molecule has 0 aromatic carbocycles. The van der Waals surface area contributed by atoms with Gasteiger partial charge in [0.15, 0.2) is 0 Å². The Morgan fingerprint density at radius 2 is 1.60 bits per heavy atom. The molecule has 25 heavy (non-hydrogen) atoms. The molecule has 152 valence electrons. The van der Waals surface area contributed by atoms with Crippen molar-refractivity contribution < 1.29 is 9.47 Å². The Hall–Kier alpha value is -0.160. The molecule has 0 radical (unpaired) electrons. The standard InChI is InChI=1S/C21H46N2O2/c1-18(2)9-11-22-12-15-25-21(6,7)17-20(5)10-13-23(8)14-16-24-19(3)4/h18-20,22H,9-17H2,1-8H3. The summed E-state index contributed by atoms with van der Waals surface area (Å²) in [6.07, 6.45) is 3.87. The molecule has 0 aliphatic carbocycles. The van der Waals surface area contributed by atoms with Gasteiger partial charge < -0.3 is 19.7 Å². The van der Waals surface area contributed by atoms with E-state index in [0.717, 1.165) is 51.7 Å². The van der Waals surface area contributed by atoms with Crippen LogP contribution in [-0.4, -0.2) is 63.0 Å². The number of hydrogen-bond acceptors (Lipinski definition) is 4. The fourth-order valence-electron chi connectivity index (χ4n) is 2.91. The molecule has 0 heterocycles. The van der Waals surface area contributed by atoms with Gasteiger partial charge in [0, 0.05) is 13.1 Å². The van der Waals surface area contributed by atoms with E-state index in [1.807, 2.05) is 0 Å². The first-order valence-corrected chi connectivity index (χ1v) is 10.3. The molecule has 1 N–H and O–H groups in total. The molecule has 0 aromatic heterocycles. The van der Waals surface area contributed by atoms with Gasteiger partial charge in [-0.3, -0.25) is 0 Å². The molecule has 0 amide bonds. The van der Waals surface area contributed by atoms with Crippen LogP contribution in [0.5, 0.6) is 0 Å². The third-order valence-corrected chi connectivity index (χ3v) is 4.44. The fraction of sp³-hybridized carbons (Fsp3) is 1.00. The highest BCUT2D eigenvalue weighted by molar-refractivity contribution is 4.73. The zero-order valence-electron chi connectivity index (χ0n) is 18.4. The van der Waals surface area contributed by atoms with Crippen LogP contribution in [0.25, 0.3) is 0 Å². The topological polar surface area (TPSA) is 33.7 Å². The van der Waals surface area contributed by atoms with E-state index >= 15 is 0 Å². The average molecular weight is 359 g/mol. The number of nitrogens with one attached hydrogen (secondary N) is 1. The number of likely N-dealkylation sites (N-methyl/N-ethyl adjacent to an activating group) is 1. The van der Waals surface area contributed by atoms with Gasteiger partial charge in [-0.2, -0.15) is 0 Å². The maximum absolute atomic E-state index is 6.11. The quantitative estimate of drug-likeness (QED) is 0.420.